The Bertz CT molecular complexity index is 465. The summed E-state index contributed by atoms with van der Waals surface area (Å²) in [6, 6.07) is 0. The van der Waals surface area contributed by atoms with Gasteiger partial charge < -0.3 is 10.4 Å². The number of rotatable bonds is 4. The van der Waals surface area contributed by atoms with Crippen molar-refractivity contribution in [3.63, 3.8) is 0 Å². The second-order valence-electron chi connectivity index (χ2n) is 3.24. The molecule has 0 aliphatic heterocycles. The molecule has 0 amide bonds. The molecule has 82 valence electrons. The number of nitrogens with zero attached hydrogens (tertiary/aromatic N) is 2. The van der Waals surface area contributed by atoms with Gasteiger partial charge in [-0.05, 0) is 6.92 Å². The van der Waals surface area contributed by atoms with Gasteiger partial charge in [0.15, 0.2) is 10.1 Å². The number of aryl methyl sites for hydroxylation is 1. The van der Waals surface area contributed by atoms with Crippen LogP contribution < -0.4 is 5.32 Å². The number of thiazole rings is 1. The van der Waals surface area contributed by atoms with Gasteiger partial charge in [-0.2, -0.15) is 0 Å². The van der Waals surface area contributed by atoms with Crippen molar-refractivity contribution >= 4 is 27.9 Å². The molecular formula is C9H12ClN3OS. The molecule has 2 aromatic heterocycles. The van der Waals surface area contributed by atoms with E-state index in [9.17, 15) is 0 Å². The van der Waals surface area contributed by atoms with Crippen LogP contribution in [0.3, 0.4) is 0 Å². The topological polar surface area (TPSA) is 49.6 Å². The number of nitrogens with one attached hydrogen (secondary N) is 1. The van der Waals surface area contributed by atoms with Crippen LogP contribution >= 0.6 is 22.9 Å². The molecule has 4 nitrogen and oxygen atoms in total. The zero-order valence-electron chi connectivity index (χ0n) is 8.33. The van der Waals surface area contributed by atoms with Gasteiger partial charge in [-0.3, -0.25) is 4.40 Å². The minimum atomic E-state index is 0.127. The summed E-state index contributed by atoms with van der Waals surface area (Å²) in [5.41, 5.74) is 2.09. The summed E-state index contributed by atoms with van der Waals surface area (Å²) < 4.78 is 2.04. The lowest BCUT2D eigenvalue weighted by Crippen LogP contribution is -2.18. The average molecular weight is 246 g/mol. The van der Waals surface area contributed by atoms with Crippen molar-refractivity contribution in [1.82, 2.24) is 14.7 Å². The zero-order valence-corrected chi connectivity index (χ0v) is 9.90. The summed E-state index contributed by atoms with van der Waals surface area (Å²) in [7, 11) is 0. The molecule has 2 N–H and O–H groups in total. The van der Waals surface area contributed by atoms with Crippen LogP contribution in [0.4, 0.5) is 0 Å². The number of halogens is 1. The largest absolute Gasteiger partial charge is 0.395 e. The van der Waals surface area contributed by atoms with Gasteiger partial charge in [0.1, 0.15) is 0 Å². The maximum atomic E-state index is 8.68. The van der Waals surface area contributed by atoms with E-state index < -0.39 is 0 Å². The van der Waals surface area contributed by atoms with Crippen LogP contribution in [0.5, 0.6) is 0 Å². The maximum absolute atomic E-state index is 8.68. The maximum Gasteiger partial charge on any atom is 0.195 e. The molecule has 15 heavy (non-hydrogen) atoms. The van der Waals surface area contributed by atoms with Gasteiger partial charge in [-0.25, -0.2) is 4.98 Å². The Balaban J connectivity index is 2.30. The lowest BCUT2D eigenvalue weighted by atomic mass is 10.4. The molecule has 0 atom stereocenters. The SMILES string of the molecule is Cc1csc2nc(Cl)c(CNCCO)n12. The molecule has 0 bridgehead atoms. The highest BCUT2D eigenvalue weighted by Crippen LogP contribution is 2.23. The summed E-state index contributed by atoms with van der Waals surface area (Å²) in [5, 5.41) is 14.4. The molecule has 2 heterocycles. The van der Waals surface area contributed by atoms with E-state index in [2.05, 4.69) is 10.3 Å². The first-order valence-electron chi connectivity index (χ1n) is 4.66. The van der Waals surface area contributed by atoms with Crippen molar-refractivity contribution in [2.75, 3.05) is 13.2 Å². The van der Waals surface area contributed by atoms with Crippen LogP contribution in [0.1, 0.15) is 11.4 Å². The lowest BCUT2D eigenvalue weighted by Gasteiger charge is -2.03. The molecule has 0 fully saturated rings. The lowest BCUT2D eigenvalue weighted by molar-refractivity contribution is 0.291. The predicted octanol–water partition coefficient (Wildman–Crippen LogP) is 1.44. The minimum absolute atomic E-state index is 0.127. The second-order valence-corrected chi connectivity index (χ2v) is 4.44. The van der Waals surface area contributed by atoms with Crippen LogP contribution in [-0.4, -0.2) is 27.6 Å². The molecule has 0 spiro atoms. The molecule has 0 unspecified atom stereocenters. The number of imidazole rings is 1. The fourth-order valence-corrected chi connectivity index (χ4v) is 2.64. The molecule has 0 aromatic carbocycles. The smallest absolute Gasteiger partial charge is 0.195 e. The van der Waals surface area contributed by atoms with E-state index in [4.69, 9.17) is 16.7 Å². The molecule has 2 rings (SSSR count). The monoisotopic (exact) mass is 245 g/mol. The number of hydrogen-bond acceptors (Lipinski definition) is 4. The summed E-state index contributed by atoms with van der Waals surface area (Å²) in [5.74, 6) is 0. The van der Waals surface area contributed by atoms with Crippen molar-refractivity contribution in [1.29, 1.82) is 0 Å². The Hall–Kier alpha value is -0.620. The summed E-state index contributed by atoms with van der Waals surface area (Å²) in [6.07, 6.45) is 0. The Labute approximate surface area is 96.5 Å². The Morgan fingerprint density at radius 2 is 2.47 bits per heavy atom. The standard InChI is InChI=1S/C9H12ClN3OS/c1-6-5-15-9-12-8(10)7(13(6)9)4-11-2-3-14/h5,11,14H,2-4H2,1H3. The number of aliphatic hydroxyl groups excluding tert-OH is 1. The van der Waals surface area contributed by atoms with Crippen molar-refractivity contribution in [2.45, 2.75) is 13.5 Å². The van der Waals surface area contributed by atoms with Crippen LogP contribution in [-0.2, 0) is 6.54 Å². The van der Waals surface area contributed by atoms with E-state index in [1.807, 2.05) is 16.7 Å². The highest BCUT2D eigenvalue weighted by molar-refractivity contribution is 7.15. The van der Waals surface area contributed by atoms with E-state index in [1.165, 1.54) is 0 Å². The van der Waals surface area contributed by atoms with E-state index in [-0.39, 0.29) is 6.61 Å². The summed E-state index contributed by atoms with van der Waals surface area (Å²) in [6.45, 7) is 3.34. The fourth-order valence-electron chi connectivity index (χ4n) is 1.48. The van der Waals surface area contributed by atoms with Crippen molar-refractivity contribution in [2.24, 2.45) is 0 Å². The Morgan fingerprint density at radius 1 is 1.67 bits per heavy atom. The number of hydrogen-bond donors (Lipinski definition) is 2. The third-order valence-corrected chi connectivity index (χ3v) is 3.41. The zero-order chi connectivity index (χ0) is 10.8. The second kappa shape index (κ2) is 4.49. The highest BCUT2D eigenvalue weighted by Gasteiger charge is 2.12. The van der Waals surface area contributed by atoms with Crippen molar-refractivity contribution in [3.05, 3.63) is 21.9 Å². The van der Waals surface area contributed by atoms with E-state index in [0.29, 0.717) is 18.2 Å². The molecule has 0 aliphatic rings. The van der Waals surface area contributed by atoms with Gasteiger partial charge in [-0.15, -0.1) is 11.3 Å². The van der Waals surface area contributed by atoms with Crippen LogP contribution in [0, 0.1) is 6.92 Å². The predicted molar refractivity (Wildman–Crippen MR) is 61.6 cm³/mol. The molecule has 0 radical (unpaired) electrons. The van der Waals surface area contributed by atoms with Crippen molar-refractivity contribution < 1.29 is 5.11 Å². The average Bonchev–Trinajstić information content (AvgIpc) is 2.70. The third-order valence-electron chi connectivity index (χ3n) is 2.16. The fraction of sp³-hybridized carbons (Fsp3) is 0.444. The number of fused-ring (bicyclic) bond motifs is 1. The first-order chi connectivity index (χ1) is 7.24. The summed E-state index contributed by atoms with van der Waals surface area (Å²) in [4.78, 5) is 5.17. The molecule has 0 saturated heterocycles. The first kappa shape index (κ1) is 10.9. The van der Waals surface area contributed by atoms with Crippen LogP contribution in [0.15, 0.2) is 5.38 Å². The number of aliphatic hydroxyl groups is 1. The van der Waals surface area contributed by atoms with Gasteiger partial charge in [0.2, 0.25) is 0 Å². The molecule has 6 heteroatoms. The van der Waals surface area contributed by atoms with Gasteiger partial charge >= 0.3 is 0 Å². The normalized spacial score (nSPS) is 11.4. The Morgan fingerprint density at radius 3 is 3.20 bits per heavy atom. The van der Waals surface area contributed by atoms with Crippen LogP contribution in [0.25, 0.3) is 4.96 Å². The molecule has 2 aromatic rings. The van der Waals surface area contributed by atoms with Gasteiger partial charge in [0, 0.05) is 24.2 Å². The van der Waals surface area contributed by atoms with Gasteiger partial charge in [-0.1, -0.05) is 11.6 Å². The van der Waals surface area contributed by atoms with Crippen molar-refractivity contribution in [3.8, 4) is 0 Å². The van der Waals surface area contributed by atoms with Gasteiger partial charge in [0.25, 0.3) is 0 Å². The first-order valence-corrected chi connectivity index (χ1v) is 5.92. The molecular weight excluding hydrogens is 234 g/mol. The van der Waals surface area contributed by atoms with E-state index >= 15 is 0 Å². The van der Waals surface area contributed by atoms with E-state index in [1.54, 1.807) is 11.3 Å². The third kappa shape index (κ3) is 2.01. The van der Waals surface area contributed by atoms with E-state index in [0.717, 1.165) is 16.3 Å². The van der Waals surface area contributed by atoms with Gasteiger partial charge in [0.05, 0.1) is 12.3 Å². The minimum Gasteiger partial charge on any atom is -0.395 e. The summed E-state index contributed by atoms with van der Waals surface area (Å²) >= 11 is 7.61. The molecule has 0 saturated carbocycles. The van der Waals surface area contributed by atoms with Crippen LogP contribution in [0.2, 0.25) is 5.15 Å². The Kier molecular flexibility index (Phi) is 3.25. The molecule has 0 aliphatic carbocycles. The highest BCUT2D eigenvalue weighted by atomic mass is 35.5. The number of aromatic nitrogens is 2. The quantitative estimate of drug-likeness (QED) is 0.802.